The van der Waals surface area contributed by atoms with Gasteiger partial charge in [-0.25, -0.2) is 13.8 Å². The molecule has 3 aromatic carbocycles. The Hall–Kier alpha value is -3.07. The molecule has 0 bridgehead atoms. The largest absolute Gasteiger partial charge is 0.494 e. The van der Waals surface area contributed by atoms with Gasteiger partial charge < -0.3 is 4.74 Å². The Balaban J connectivity index is 1.77. The number of carbonyl (C=O) groups is 1. The molecule has 1 amide bonds. The van der Waals surface area contributed by atoms with Crippen molar-refractivity contribution < 1.29 is 17.9 Å². The lowest BCUT2D eigenvalue weighted by Crippen LogP contribution is -2.39. The van der Waals surface area contributed by atoms with E-state index in [0.29, 0.717) is 11.6 Å². The summed E-state index contributed by atoms with van der Waals surface area (Å²) < 4.78 is 33.1. The average Bonchev–Trinajstić information content (AvgIpc) is 2.83. The van der Waals surface area contributed by atoms with E-state index in [4.69, 9.17) is 27.9 Å². The Morgan fingerprint density at radius 1 is 1.06 bits per heavy atom. The molecular weight excluding hydrogens is 497 g/mol. The molecule has 0 aliphatic carbocycles. The zero-order chi connectivity index (χ0) is 24.6. The van der Waals surface area contributed by atoms with Crippen molar-refractivity contribution in [3.05, 3.63) is 88.4 Å². The second-order valence-corrected chi connectivity index (χ2v) is 9.84. The number of carbonyl (C=O) groups excluding carboxylic acids is 1. The van der Waals surface area contributed by atoms with Crippen LogP contribution in [0, 0.1) is 0 Å². The van der Waals surface area contributed by atoms with Crippen molar-refractivity contribution in [1.29, 1.82) is 0 Å². The number of hydrogen-bond acceptors (Lipinski definition) is 5. The Kier molecular flexibility index (Phi) is 8.92. The van der Waals surface area contributed by atoms with Crippen LogP contribution in [0.1, 0.15) is 18.9 Å². The second-order valence-electron chi connectivity index (χ2n) is 7.13. The number of sulfonamides is 1. The molecule has 178 valence electrons. The topological polar surface area (TPSA) is 88.1 Å². The summed E-state index contributed by atoms with van der Waals surface area (Å²) in [6.07, 6.45) is 2.36. The van der Waals surface area contributed by atoms with Crippen LogP contribution in [-0.4, -0.2) is 33.7 Å². The van der Waals surface area contributed by atoms with Crippen molar-refractivity contribution in [3.63, 3.8) is 0 Å². The van der Waals surface area contributed by atoms with E-state index in [9.17, 15) is 13.2 Å². The molecule has 3 rings (SSSR count). The summed E-state index contributed by atoms with van der Waals surface area (Å²) in [5.41, 5.74) is 3.22. The molecule has 1 N–H and O–H groups in total. The number of rotatable bonds is 10. The lowest BCUT2D eigenvalue weighted by molar-refractivity contribution is -0.119. The molecule has 0 saturated carbocycles. The number of ether oxygens (including phenoxy) is 1. The first-order valence-electron chi connectivity index (χ1n) is 10.4. The van der Waals surface area contributed by atoms with E-state index in [0.717, 1.165) is 22.0 Å². The third-order valence-electron chi connectivity index (χ3n) is 4.55. The van der Waals surface area contributed by atoms with Crippen molar-refractivity contribution in [2.45, 2.75) is 18.2 Å². The van der Waals surface area contributed by atoms with Gasteiger partial charge in [-0.05, 0) is 66.6 Å². The highest BCUT2D eigenvalue weighted by atomic mass is 35.5. The molecule has 10 heteroatoms. The number of halogens is 2. The summed E-state index contributed by atoms with van der Waals surface area (Å²) in [6.45, 7) is 2.11. The van der Waals surface area contributed by atoms with Gasteiger partial charge in [-0.3, -0.25) is 9.10 Å². The third kappa shape index (κ3) is 6.72. The van der Waals surface area contributed by atoms with Crippen LogP contribution in [-0.2, 0) is 14.8 Å². The van der Waals surface area contributed by atoms with Crippen LogP contribution in [0.2, 0.25) is 10.0 Å². The number of anilines is 1. The van der Waals surface area contributed by atoms with Crippen LogP contribution in [0.15, 0.2) is 82.8 Å². The molecule has 0 fully saturated rings. The zero-order valence-electron chi connectivity index (χ0n) is 18.3. The van der Waals surface area contributed by atoms with E-state index < -0.39 is 22.5 Å². The minimum atomic E-state index is -4.10. The Labute approximate surface area is 209 Å². The van der Waals surface area contributed by atoms with Crippen LogP contribution in [0.5, 0.6) is 5.75 Å². The maximum absolute atomic E-state index is 13.3. The van der Waals surface area contributed by atoms with E-state index in [1.165, 1.54) is 36.5 Å². The first-order chi connectivity index (χ1) is 16.3. The van der Waals surface area contributed by atoms with Crippen LogP contribution in [0.25, 0.3) is 0 Å². The molecule has 34 heavy (non-hydrogen) atoms. The van der Waals surface area contributed by atoms with Crippen LogP contribution in [0.3, 0.4) is 0 Å². The molecule has 3 aromatic rings. The van der Waals surface area contributed by atoms with Crippen molar-refractivity contribution >= 4 is 51.0 Å². The van der Waals surface area contributed by atoms with Crippen molar-refractivity contribution in [2.75, 3.05) is 17.5 Å². The minimum Gasteiger partial charge on any atom is -0.494 e. The van der Waals surface area contributed by atoms with Crippen LogP contribution >= 0.6 is 23.2 Å². The van der Waals surface area contributed by atoms with Gasteiger partial charge in [0.2, 0.25) is 0 Å². The van der Waals surface area contributed by atoms with E-state index in [2.05, 4.69) is 10.5 Å². The number of amides is 1. The molecule has 0 spiro atoms. The zero-order valence-corrected chi connectivity index (χ0v) is 20.6. The quantitative estimate of drug-likeness (QED) is 0.297. The van der Waals surface area contributed by atoms with E-state index in [1.807, 2.05) is 6.92 Å². The fourth-order valence-electron chi connectivity index (χ4n) is 2.92. The number of benzene rings is 3. The molecule has 0 unspecified atom stereocenters. The van der Waals surface area contributed by atoms with Gasteiger partial charge in [-0.15, -0.1) is 0 Å². The second kappa shape index (κ2) is 11.9. The molecule has 0 aliphatic rings. The summed E-state index contributed by atoms with van der Waals surface area (Å²) in [4.78, 5) is 12.6. The fraction of sp³-hybridized carbons (Fsp3) is 0.167. The van der Waals surface area contributed by atoms with Crippen LogP contribution < -0.4 is 14.5 Å². The molecule has 0 aliphatic heterocycles. The highest BCUT2D eigenvalue weighted by Gasteiger charge is 2.28. The maximum Gasteiger partial charge on any atom is 0.264 e. The lowest BCUT2D eigenvalue weighted by Gasteiger charge is -2.24. The average molecular weight is 520 g/mol. The van der Waals surface area contributed by atoms with Gasteiger partial charge >= 0.3 is 0 Å². The minimum absolute atomic E-state index is 0.0164. The molecule has 0 aromatic heterocycles. The molecule has 0 radical (unpaired) electrons. The van der Waals surface area contributed by atoms with Gasteiger partial charge in [-0.1, -0.05) is 48.3 Å². The van der Waals surface area contributed by atoms with Crippen molar-refractivity contribution in [1.82, 2.24) is 5.43 Å². The van der Waals surface area contributed by atoms with Crippen LogP contribution in [0.4, 0.5) is 5.69 Å². The molecule has 0 atom stereocenters. The first kappa shape index (κ1) is 25.6. The molecule has 0 heterocycles. The van der Waals surface area contributed by atoms with E-state index in [-0.39, 0.29) is 15.6 Å². The summed E-state index contributed by atoms with van der Waals surface area (Å²) in [5, 5.41) is 4.36. The third-order valence-corrected chi connectivity index (χ3v) is 6.86. The standard InChI is InChI=1S/C24H23Cl2N3O4S/c1-2-14-33-20-11-8-18(9-12-20)16-27-28-24(30)17-29(23-13-10-19(25)15-22(23)26)34(31,32)21-6-4-3-5-7-21/h3-13,15-16H,2,14,17H2,1H3,(H,28,30)/b27-16-. The number of nitrogens with zero attached hydrogens (tertiary/aromatic N) is 2. The number of nitrogens with one attached hydrogen (secondary N) is 1. The van der Waals surface area contributed by atoms with Crippen molar-refractivity contribution in [2.24, 2.45) is 5.10 Å². The van der Waals surface area contributed by atoms with Crippen molar-refractivity contribution in [3.8, 4) is 5.75 Å². The Morgan fingerprint density at radius 3 is 2.41 bits per heavy atom. The lowest BCUT2D eigenvalue weighted by atomic mass is 10.2. The van der Waals surface area contributed by atoms with Gasteiger partial charge in [0.1, 0.15) is 12.3 Å². The first-order valence-corrected chi connectivity index (χ1v) is 12.6. The summed E-state index contributed by atoms with van der Waals surface area (Å²) >= 11 is 12.2. The molecular formula is C24H23Cl2N3O4S. The summed E-state index contributed by atoms with van der Waals surface area (Å²) in [5.74, 6) is 0.0920. The highest BCUT2D eigenvalue weighted by molar-refractivity contribution is 7.92. The smallest absolute Gasteiger partial charge is 0.264 e. The summed E-state index contributed by atoms with van der Waals surface area (Å²) in [7, 11) is -4.10. The predicted octanol–water partition coefficient (Wildman–Crippen LogP) is 5.13. The van der Waals surface area contributed by atoms with Gasteiger partial charge in [-0.2, -0.15) is 5.10 Å². The summed E-state index contributed by atoms with van der Waals surface area (Å²) in [6, 6.07) is 19.3. The normalized spacial score (nSPS) is 11.4. The van der Waals surface area contributed by atoms with E-state index >= 15 is 0 Å². The Morgan fingerprint density at radius 2 is 1.76 bits per heavy atom. The predicted molar refractivity (Wildman–Crippen MR) is 135 cm³/mol. The SMILES string of the molecule is CCCOc1ccc(/C=N\NC(=O)CN(c2ccc(Cl)cc2Cl)S(=O)(=O)c2ccccc2)cc1. The maximum atomic E-state index is 13.3. The van der Waals surface area contributed by atoms with Gasteiger partial charge in [0.15, 0.2) is 0 Å². The number of hydrogen-bond donors (Lipinski definition) is 1. The van der Waals surface area contributed by atoms with E-state index in [1.54, 1.807) is 42.5 Å². The van der Waals surface area contributed by atoms with Gasteiger partial charge in [0, 0.05) is 5.02 Å². The van der Waals surface area contributed by atoms with Gasteiger partial charge in [0.05, 0.1) is 28.4 Å². The molecule has 0 saturated heterocycles. The Bertz CT molecular complexity index is 1250. The van der Waals surface area contributed by atoms with Gasteiger partial charge in [0.25, 0.3) is 15.9 Å². The number of hydrazone groups is 1. The monoisotopic (exact) mass is 519 g/mol. The molecule has 7 nitrogen and oxygen atoms in total. The highest BCUT2D eigenvalue weighted by Crippen LogP contribution is 2.32. The fourth-order valence-corrected chi connectivity index (χ4v) is 4.94.